The first-order valence-electron chi connectivity index (χ1n) is 9.39. The fourth-order valence-corrected chi connectivity index (χ4v) is 3.72. The van der Waals surface area contributed by atoms with Gasteiger partial charge in [0, 0.05) is 11.3 Å². The van der Waals surface area contributed by atoms with Crippen LogP contribution in [0.1, 0.15) is 13.3 Å². The second kappa shape index (κ2) is 9.39. The molecule has 0 spiro atoms. The Balaban J connectivity index is 1.56. The zero-order valence-electron chi connectivity index (χ0n) is 16.2. The van der Waals surface area contributed by atoms with Crippen molar-refractivity contribution in [2.24, 2.45) is 0 Å². The van der Waals surface area contributed by atoms with Crippen molar-refractivity contribution in [3.05, 3.63) is 78.9 Å². The fraction of sp³-hybridized carbons (Fsp3) is 0.174. The van der Waals surface area contributed by atoms with Crippen LogP contribution in [0.25, 0.3) is 11.1 Å². The first-order chi connectivity index (χ1) is 14.0. The van der Waals surface area contributed by atoms with Gasteiger partial charge in [-0.25, -0.2) is 8.42 Å². The Bertz CT molecular complexity index is 1060. The van der Waals surface area contributed by atoms with Crippen LogP contribution >= 0.6 is 0 Å². The fourth-order valence-electron chi connectivity index (χ4n) is 2.84. The summed E-state index contributed by atoms with van der Waals surface area (Å²) in [6, 6.07) is 23.8. The van der Waals surface area contributed by atoms with Gasteiger partial charge in [-0.05, 0) is 35.9 Å². The van der Waals surface area contributed by atoms with Gasteiger partial charge in [0.1, 0.15) is 5.75 Å². The summed E-state index contributed by atoms with van der Waals surface area (Å²) < 4.78 is 29.5. The van der Waals surface area contributed by atoms with Crippen molar-refractivity contribution < 1.29 is 17.9 Å². The molecule has 3 aromatic rings. The average molecular weight is 410 g/mol. The van der Waals surface area contributed by atoms with Crippen LogP contribution in [0.2, 0.25) is 0 Å². The molecule has 29 heavy (non-hydrogen) atoms. The summed E-state index contributed by atoms with van der Waals surface area (Å²) in [5.74, 6) is 0.564. The van der Waals surface area contributed by atoms with E-state index in [2.05, 4.69) is 5.32 Å². The van der Waals surface area contributed by atoms with Crippen LogP contribution in [-0.2, 0) is 14.6 Å². The van der Waals surface area contributed by atoms with Crippen molar-refractivity contribution in [1.82, 2.24) is 0 Å². The Morgan fingerprint density at radius 1 is 0.897 bits per heavy atom. The smallest absolute Gasteiger partial charge is 0.227 e. The molecule has 150 valence electrons. The largest absolute Gasteiger partial charge is 0.492 e. The molecule has 1 N–H and O–H groups in total. The maximum Gasteiger partial charge on any atom is 0.227 e. The van der Waals surface area contributed by atoms with Gasteiger partial charge in [0.15, 0.2) is 9.84 Å². The lowest BCUT2D eigenvalue weighted by Gasteiger charge is -2.12. The van der Waals surface area contributed by atoms with Gasteiger partial charge in [0.2, 0.25) is 5.91 Å². The van der Waals surface area contributed by atoms with E-state index in [0.717, 1.165) is 16.9 Å². The van der Waals surface area contributed by atoms with E-state index in [0.29, 0.717) is 5.69 Å². The second-order valence-electron chi connectivity index (χ2n) is 6.44. The molecule has 0 unspecified atom stereocenters. The first kappa shape index (κ1) is 20.6. The van der Waals surface area contributed by atoms with Crippen LogP contribution in [0.3, 0.4) is 0 Å². The van der Waals surface area contributed by atoms with Crippen LogP contribution in [0.5, 0.6) is 5.75 Å². The molecule has 0 radical (unpaired) electrons. The van der Waals surface area contributed by atoms with Gasteiger partial charge in [-0.3, -0.25) is 4.79 Å². The topological polar surface area (TPSA) is 72.5 Å². The highest BCUT2D eigenvalue weighted by Crippen LogP contribution is 2.29. The summed E-state index contributed by atoms with van der Waals surface area (Å²) in [5.41, 5.74) is 2.57. The predicted octanol–water partition coefficient (Wildman–Crippen LogP) is 4.55. The monoisotopic (exact) mass is 409 g/mol. The molecule has 0 saturated carbocycles. The average Bonchev–Trinajstić information content (AvgIpc) is 2.75. The molecular formula is C23H23NO4S. The van der Waals surface area contributed by atoms with E-state index >= 15 is 0 Å². The van der Waals surface area contributed by atoms with Gasteiger partial charge in [-0.1, -0.05) is 55.5 Å². The van der Waals surface area contributed by atoms with E-state index < -0.39 is 9.84 Å². The van der Waals surface area contributed by atoms with Crippen molar-refractivity contribution in [2.75, 3.05) is 17.7 Å². The number of hydrogen-bond donors (Lipinski definition) is 1. The Labute approximate surface area is 171 Å². The zero-order chi connectivity index (χ0) is 20.7. The molecule has 1 amide bonds. The van der Waals surface area contributed by atoms with Gasteiger partial charge < -0.3 is 10.1 Å². The van der Waals surface area contributed by atoms with Crippen LogP contribution in [0.15, 0.2) is 83.8 Å². The number of anilines is 1. The van der Waals surface area contributed by atoms with Gasteiger partial charge in [0.05, 0.1) is 23.7 Å². The van der Waals surface area contributed by atoms with Crippen molar-refractivity contribution in [2.45, 2.75) is 18.2 Å². The standard InChI is InChI=1S/C23H23NO4S/c1-2-29(26,27)20-14-12-19(13-15-20)24-23(25)16-17-28-22-11-7-6-10-21(22)18-8-4-3-5-9-18/h3-15H,2,16-17H2,1H3,(H,24,25). The van der Waals surface area contributed by atoms with E-state index in [1.54, 1.807) is 19.1 Å². The number of rotatable bonds is 8. The number of para-hydroxylation sites is 1. The summed E-state index contributed by atoms with van der Waals surface area (Å²) in [4.78, 5) is 12.4. The molecule has 0 heterocycles. The molecule has 0 aliphatic carbocycles. The van der Waals surface area contributed by atoms with Crippen LogP contribution in [-0.4, -0.2) is 26.7 Å². The Morgan fingerprint density at radius 2 is 1.55 bits per heavy atom. The molecule has 3 rings (SSSR count). The molecule has 3 aromatic carbocycles. The molecule has 0 aliphatic rings. The molecule has 0 saturated heterocycles. The number of carbonyl (C=O) groups is 1. The highest BCUT2D eigenvalue weighted by Gasteiger charge is 2.12. The van der Waals surface area contributed by atoms with E-state index in [1.165, 1.54) is 12.1 Å². The Kier molecular flexibility index (Phi) is 6.67. The minimum absolute atomic E-state index is 0.0422. The van der Waals surface area contributed by atoms with Crippen molar-refractivity contribution in [1.29, 1.82) is 0 Å². The summed E-state index contributed by atoms with van der Waals surface area (Å²) in [6.07, 6.45) is 0.179. The number of ether oxygens (including phenoxy) is 1. The summed E-state index contributed by atoms with van der Waals surface area (Å²) in [5, 5.41) is 2.76. The van der Waals surface area contributed by atoms with Crippen LogP contribution in [0, 0.1) is 0 Å². The third kappa shape index (κ3) is 5.45. The van der Waals surface area contributed by atoms with Crippen LogP contribution in [0.4, 0.5) is 5.69 Å². The van der Waals surface area contributed by atoms with E-state index in [9.17, 15) is 13.2 Å². The van der Waals surface area contributed by atoms with Gasteiger partial charge >= 0.3 is 0 Å². The SMILES string of the molecule is CCS(=O)(=O)c1ccc(NC(=O)CCOc2ccccc2-c2ccccc2)cc1. The molecule has 5 nitrogen and oxygen atoms in total. The van der Waals surface area contributed by atoms with E-state index in [1.807, 2.05) is 54.6 Å². The first-order valence-corrected chi connectivity index (χ1v) is 11.0. The lowest BCUT2D eigenvalue weighted by atomic mass is 10.1. The van der Waals surface area contributed by atoms with Gasteiger partial charge in [0.25, 0.3) is 0 Å². The molecular weight excluding hydrogens is 386 g/mol. The third-order valence-electron chi connectivity index (χ3n) is 4.44. The maximum absolute atomic E-state index is 12.2. The Morgan fingerprint density at radius 3 is 2.24 bits per heavy atom. The minimum Gasteiger partial charge on any atom is -0.492 e. The number of carbonyl (C=O) groups excluding carboxylic acids is 1. The van der Waals surface area contributed by atoms with Crippen molar-refractivity contribution in [3.63, 3.8) is 0 Å². The summed E-state index contributed by atoms with van der Waals surface area (Å²) in [7, 11) is -3.25. The van der Waals surface area contributed by atoms with Crippen molar-refractivity contribution >= 4 is 21.4 Å². The van der Waals surface area contributed by atoms with Crippen LogP contribution < -0.4 is 10.1 Å². The lowest BCUT2D eigenvalue weighted by molar-refractivity contribution is -0.116. The second-order valence-corrected chi connectivity index (χ2v) is 8.71. The molecule has 0 bridgehead atoms. The molecule has 0 fully saturated rings. The van der Waals surface area contributed by atoms with Gasteiger partial charge in [-0.15, -0.1) is 0 Å². The molecule has 0 atom stereocenters. The number of amides is 1. The third-order valence-corrected chi connectivity index (χ3v) is 6.19. The van der Waals surface area contributed by atoms with Gasteiger partial charge in [-0.2, -0.15) is 0 Å². The maximum atomic E-state index is 12.2. The Hall–Kier alpha value is -3.12. The molecule has 6 heteroatoms. The lowest BCUT2D eigenvalue weighted by Crippen LogP contribution is -2.15. The van der Waals surface area contributed by atoms with Crippen molar-refractivity contribution in [3.8, 4) is 16.9 Å². The highest BCUT2D eigenvalue weighted by molar-refractivity contribution is 7.91. The minimum atomic E-state index is -3.25. The number of sulfone groups is 1. The normalized spacial score (nSPS) is 11.1. The predicted molar refractivity (Wildman–Crippen MR) is 115 cm³/mol. The molecule has 0 aromatic heterocycles. The quantitative estimate of drug-likeness (QED) is 0.592. The zero-order valence-corrected chi connectivity index (χ0v) is 17.0. The number of benzene rings is 3. The summed E-state index contributed by atoms with van der Waals surface area (Å²) >= 11 is 0. The van der Waals surface area contributed by atoms with E-state index in [4.69, 9.17) is 4.74 Å². The van der Waals surface area contributed by atoms with E-state index in [-0.39, 0.29) is 29.6 Å². The summed E-state index contributed by atoms with van der Waals surface area (Å²) in [6.45, 7) is 1.83. The number of hydrogen-bond acceptors (Lipinski definition) is 4. The number of nitrogens with one attached hydrogen (secondary N) is 1. The highest BCUT2D eigenvalue weighted by atomic mass is 32.2. The molecule has 0 aliphatic heterocycles.